The number of aryl methyl sites for hydroxylation is 3. The Labute approximate surface area is 68.5 Å². The summed E-state index contributed by atoms with van der Waals surface area (Å²) in [6.07, 6.45) is 4.22. The van der Waals surface area contributed by atoms with Crippen molar-refractivity contribution in [2.45, 2.75) is 33.6 Å². The Balaban J connectivity index is 2.90. The molecule has 0 radical (unpaired) electrons. The molecule has 0 amide bonds. The fraction of sp³-hybridized carbons (Fsp3) is 0.500. The van der Waals surface area contributed by atoms with E-state index in [0.29, 0.717) is 0 Å². The van der Waals surface area contributed by atoms with E-state index >= 15 is 0 Å². The highest BCUT2D eigenvalue weighted by atomic mass is 14.7. The molecule has 0 spiro atoms. The SMILES string of the molecule is CCCc1ncc(C)cc1C. The Bertz CT molecular complexity index is 241. The molecule has 0 N–H and O–H groups in total. The van der Waals surface area contributed by atoms with Crippen molar-refractivity contribution < 1.29 is 0 Å². The smallest absolute Gasteiger partial charge is 0.0432 e. The summed E-state index contributed by atoms with van der Waals surface area (Å²) in [6, 6.07) is 2.19. The van der Waals surface area contributed by atoms with E-state index in [1.807, 2.05) is 6.20 Å². The average Bonchev–Trinajstić information content (AvgIpc) is 1.95. The molecule has 1 rings (SSSR count). The normalized spacial score (nSPS) is 10.1. The van der Waals surface area contributed by atoms with Gasteiger partial charge in [-0.05, 0) is 31.4 Å². The summed E-state index contributed by atoms with van der Waals surface area (Å²) in [5.41, 5.74) is 3.83. The number of aromatic nitrogens is 1. The first-order valence-electron chi connectivity index (χ1n) is 4.16. The van der Waals surface area contributed by atoms with Crippen molar-refractivity contribution in [1.29, 1.82) is 0 Å². The molecule has 0 saturated carbocycles. The van der Waals surface area contributed by atoms with Crippen molar-refractivity contribution in [2.24, 2.45) is 0 Å². The van der Waals surface area contributed by atoms with Crippen LogP contribution in [-0.4, -0.2) is 4.98 Å². The lowest BCUT2D eigenvalue weighted by Crippen LogP contribution is -1.93. The van der Waals surface area contributed by atoms with Crippen molar-refractivity contribution in [3.63, 3.8) is 0 Å². The highest BCUT2D eigenvalue weighted by Crippen LogP contribution is 2.08. The predicted molar refractivity (Wildman–Crippen MR) is 47.7 cm³/mol. The van der Waals surface area contributed by atoms with Crippen molar-refractivity contribution in [3.05, 3.63) is 29.1 Å². The summed E-state index contributed by atoms with van der Waals surface area (Å²) in [7, 11) is 0. The zero-order chi connectivity index (χ0) is 8.27. The minimum Gasteiger partial charge on any atom is -0.261 e. The van der Waals surface area contributed by atoms with Crippen LogP contribution in [0, 0.1) is 13.8 Å². The minimum atomic E-state index is 1.10. The van der Waals surface area contributed by atoms with Crippen LogP contribution < -0.4 is 0 Å². The summed E-state index contributed by atoms with van der Waals surface area (Å²) < 4.78 is 0. The van der Waals surface area contributed by atoms with Crippen molar-refractivity contribution in [1.82, 2.24) is 4.98 Å². The summed E-state index contributed by atoms with van der Waals surface area (Å²) in [6.45, 7) is 6.39. The van der Waals surface area contributed by atoms with Crippen LogP contribution in [0.3, 0.4) is 0 Å². The molecule has 0 bridgehead atoms. The van der Waals surface area contributed by atoms with E-state index in [1.54, 1.807) is 0 Å². The van der Waals surface area contributed by atoms with Crippen molar-refractivity contribution in [2.75, 3.05) is 0 Å². The third kappa shape index (κ3) is 2.04. The van der Waals surface area contributed by atoms with Crippen LogP contribution >= 0.6 is 0 Å². The monoisotopic (exact) mass is 149 g/mol. The van der Waals surface area contributed by atoms with Gasteiger partial charge < -0.3 is 0 Å². The van der Waals surface area contributed by atoms with Crippen LogP contribution in [0.15, 0.2) is 12.3 Å². The lowest BCUT2D eigenvalue weighted by Gasteiger charge is -2.02. The molecule has 60 valence electrons. The van der Waals surface area contributed by atoms with Crippen LogP contribution in [0.25, 0.3) is 0 Å². The van der Waals surface area contributed by atoms with Crippen molar-refractivity contribution in [3.8, 4) is 0 Å². The zero-order valence-electron chi connectivity index (χ0n) is 7.52. The first-order chi connectivity index (χ1) is 5.24. The summed E-state index contributed by atoms with van der Waals surface area (Å²) >= 11 is 0. The van der Waals surface area contributed by atoms with Gasteiger partial charge in [0, 0.05) is 11.9 Å². The molecular weight excluding hydrogens is 134 g/mol. The van der Waals surface area contributed by atoms with E-state index < -0.39 is 0 Å². The molecule has 0 aliphatic heterocycles. The van der Waals surface area contributed by atoms with Gasteiger partial charge in [0.1, 0.15) is 0 Å². The highest BCUT2D eigenvalue weighted by molar-refractivity contribution is 5.22. The molecule has 0 aliphatic rings. The standard InChI is InChI=1S/C10H15N/c1-4-5-10-9(3)6-8(2)7-11-10/h6-7H,4-5H2,1-3H3. The number of hydrogen-bond donors (Lipinski definition) is 0. The Morgan fingerprint density at radius 2 is 2.09 bits per heavy atom. The third-order valence-electron chi connectivity index (χ3n) is 1.81. The first kappa shape index (κ1) is 8.25. The first-order valence-corrected chi connectivity index (χ1v) is 4.16. The molecule has 1 heterocycles. The van der Waals surface area contributed by atoms with E-state index in [4.69, 9.17) is 0 Å². The summed E-state index contributed by atoms with van der Waals surface area (Å²) in [5, 5.41) is 0. The molecule has 1 aromatic rings. The van der Waals surface area contributed by atoms with Gasteiger partial charge in [0.2, 0.25) is 0 Å². The van der Waals surface area contributed by atoms with Gasteiger partial charge in [-0.3, -0.25) is 4.98 Å². The van der Waals surface area contributed by atoms with Crippen molar-refractivity contribution >= 4 is 0 Å². The lowest BCUT2D eigenvalue weighted by molar-refractivity contribution is 0.869. The maximum absolute atomic E-state index is 4.37. The van der Waals surface area contributed by atoms with Gasteiger partial charge in [-0.25, -0.2) is 0 Å². The quantitative estimate of drug-likeness (QED) is 0.630. The largest absolute Gasteiger partial charge is 0.261 e. The maximum Gasteiger partial charge on any atom is 0.0432 e. The number of pyridine rings is 1. The molecule has 0 fully saturated rings. The predicted octanol–water partition coefficient (Wildman–Crippen LogP) is 2.65. The molecule has 0 unspecified atom stereocenters. The molecule has 1 aromatic heterocycles. The Morgan fingerprint density at radius 3 is 2.64 bits per heavy atom. The molecule has 1 nitrogen and oxygen atoms in total. The average molecular weight is 149 g/mol. The van der Waals surface area contributed by atoms with Gasteiger partial charge in [0.05, 0.1) is 0 Å². The van der Waals surface area contributed by atoms with Gasteiger partial charge in [0.25, 0.3) is 0 Å². The van der Waals surface area contributed by atoms with Crippen LogP contribution in [-0.2, 0) is 6.42 Å². The zero-order valence-corrected chi connectivity index (χ0v) is 7.52. The fourth-order valence-electron chi connectivity index (χ4n) is 1.24. The molecule has 1 heteroatoms. The third-order valence-corrected chi connectivity index (χ3v) is 1.81. The van der Waals surface area contributed by atoms with Crippen LogP contribution in [0.4, 0.5) is 0 Å². The molecular formula is C10H15N. The minimum absolute atomic E-state index is 1.10. The molecule has 0 aliphatic carbocycles. The van der Waals surface area contributed by atoms with Crippen LogP contribution in [0.5, 0.6) is 0 Å². The van der Waals surface area contributed by atoms with Gasteiger partial charge >= 0.3 is 0 Å². The topological polar surface area (TPSA) is 12.9 Å². The van der Waals surface area contributed by atoms with Crippen LogP contribution in [0.2, 0.25) is 0 Å². The molecule has 0 aromatic carbocycles. The van der Waals surface area contributed by atoms with Crippen LogP contribution in [0.1, 0.15) is 30.2 Å². The van der Waals surface area contributed by atoms with E-state index in [2.05, 4.69) is 31.8 Å². The number of nitrogens with zero attached hydrogens (tertiary/aromatic N) is 1. The molecule has 11 heavy (non-hydrogen) atoms. The highest BCUT2D eigenvalue weighted by Gasteiger charge is 1.97. The summed E-state index contributed by atoms with van der Waals surface area (Å²) in [4.78, 5) is 4.37. The van der Waals surface area contributed by atoms with Gasteiger partial charge in [-0.2, -0.15) is 0 Å². The maximum atomic E-state index is 4.37. The number of hydrogen-bond acceptors (Lipinski definition) is 1. The van der Waals surface area contributed by atoms with Gasteiger partial charge in [-0.15, -0.1) is 0 Å². The fourth-order valence-corrected chi connectivity index (χ4v) is 1.24. The van der Waals surface area contributed by atoms with E-state index in [9.17, 15) is 0 Å². The molecule has 0 atom stereocenters. The summed E-state index contributed by atoms with van der Waals surface area (Å²) in [5.74, 6) is 0. The second kappa shape index (κ2) is 3.51. The van der Waals surface area contributed by atoms with E-state index in [1.165, 1.54) is 23.2 Å². The second-order valence-corrected chi connectivity index (χ2v) is 3.03. The molecule has 0 saturated heterocycles. The van der Waals surface area contributed by atoms with Gasteiger partial charge in [-0.1, -0.05) is 19.4 Å². The second-order valence-electron chi connectivity index (χ2n) is 3.03. The number of rotatable bonds is 2. The van der Waals surface area contributed by atoms with E-state index in [0.717, 1.165) is 6.42 Å². The Kier molecular flexibility index (Phi) is 2.64. The van der Waals surface area contributed by atoms with E-state index in [-0.39, 0.29) is 0 Å². The van der Waals surface area contributed by atoms with Gasteiger partial charge in [0.15, 0.2) is 0 Å². The Hall–Kier alpha value is -0.850. The lowest BCUT2D eigenvalue weighted by atomic mass is 10.1. The Morgan fingerprint density at radius 1 is 1.36 bits per heavy atom.